The second-order valence-corrected chi connectivity index (χ2v) is 5.93. The molecule has 1 fully saturated rings. The van der Waals surface area contributed by atoms with Crippen LogP contribution in [0.15, 0.2) is 58.3 Å². The summed E-state index contributed by atoms with van der Waals surface area (Å²) in [5.41, 5.74) is -0.145. The fourth-order valence-electron chi connectivity index (χ4n) is 2.70. The topological polar surface area (TPSA) is 101 Å². The lowest BCUT2D eigenvalue weighted by atomic mass is 10.1. The molecule has 2 heterocycles. The van der Waals surface area contributed by atoms with Gasteiger partial charge in [0.05, 0.1) is 6.10 Å². The second kappa shape index (κ2) is 7.00. The molecule has 0 saturated carbocycles. The van der Waals surface area contributed by atoms with Crippen molar-refractivity contribution >= 4 is 5.78 Å². The van der Waals surface area contributed by atoms with Crippen LogP contribution >= 0.6 is 0 Å². The summed E-state index contributed by atoms with van der Waals surface area (Å²) in [7, 11) is 0. The van der Waals surface area contributed by atoms with Crippen LogP contribution in [0.25, 0.3) is 0 Å². The monoisotopic (exact) mass is 342 g/mol. The molecule has 0 bridgehead atoms. The lowest BCUT2D eigenvalue weighted by Crippen LogP contribution is -2.33. The molecule has 2 aromatic rings. The third-order valence-corrected chi connectivity index (χ3v) is 4.09. The number of hydrogen-bond donors (Lipinski definition) is 2. The van der Waals surface area contributed by atoms with Crippen molar-refractivity contribution in [2.45, 2.75) is 31.8 Å². The highest BCUT2D eigenvalue weighted by Crippen LogP contribution is 2.28. The Bertz CT molecular complexity index is 913. The highest BCUT2D eigenvalue weighted by atomic mass is 16.5. The van der Waals surface area contributed by atoms with Gasteiger partial charge in [-0.1, -0.05) is 30.3 Å². The van der Waals surface area contributed by atoms with Crippen molar-refractivity contribution in [3.05, 3.63) is 80.6 Å². The molecule has 1 aromatic heterocycles. The maximum absolute atomic E-state index is 12.1. The Balaban J connectivity index is 1.75. The zero-order valence-corrected chi connectivity index (χ0v) is 13.6. The van der Waals surface area contributed by atoms with Crippen LogP contribution in [-0.2, 0) is 4.74 Å². The first-order valence-electron chi connectivity index (χ1n) is 7.89. The number of aliphatic hydroxyl groups is 1. The standard InChI is InChI=1S/C18H18N2O5/c1-11-10-20(18(24)19-17(11)23)16-9-14(22)15(25-16)8-7-13(21)12-5-3-2-4-6-12/h2-8,10,14-16,22H,9H2,1H3,(H,19,23,24)/b8-7+/t14-,15+,16+/m0/s1. The molecule has 3 rings (SSSR count). The van der Waals surface area contributed by atoms with Crippen LogP contribution < -0.4 is 11.2 Å². The number of carbonyl (C=O) groups excluding carboxylic acids is 1. The first-order valence-corrected chi connectivity index (χ1v) is 7.89. The van der Waals surface area contributed by atoms with E-state index in [1.807, 2.05) is 6.07 Å². The summed E-state index contributed by atoms with van der Waals surface area (Å²) in [5, 5.41) is 10.1. The Morgan fingerprint density at radius 3 is 2.76 bits per heavy atom. The van der Waals surface area contributed by atoms with Gasteiger partial charge in [-0.3, -0.25) is 19.1 Å². The largest absolute Gasteiger partial charge is 0.390 e. The van der Waals surface area contributed by atoms with Gasteiger partial charge in [-0.25, -0.2) is 4.79 Å². The molecular formula is C18H18N2O5. The number of rotatable bonds is 4. The molecule has 0 radical (unpaired) electrons. The molecule has 7 nitrogen and oxygen atoms in total. The number of nitrogens with one attached hydrogen (secondary N) is 1. The average Bonchev–Trinajstić information content (AvgIpc) is 2.97. The van der Waals surface area contributed by atoms with E-state index >= 15 is 0 Å². The summed E-state index contributed by atoms with van der Waals surface area (Å²) in [6.45, 7) is 1.58. The summed E-state index contributed by atoms with van der Waals surface area (Å²) in [5.74, 6) is -0.197. The Hall–Kier alpha value is -2.77. The van der Waals surface area contributed by atoms with E-state index in [0.717, 1.165) is 0 Å². The first-order chi connectivity index (χ1) is 12.0. The summed E-state index contributed by atoms with van der Waals surface area (Å²) >= 11 is 0. The number of aliphatic hydroxyl groups excluding tert-OH is 1. The molecule has 3 atom stereocenters. The van der Waals surface area contributed by atoms with Crippen LogP contribution in [0, 0.1) is 6.92 Å². The number of nitrogens with zero attached hydrogens (tertiary/aromatic N) is 1. The van der Waals surface area contributed by atoms with E-state index in [2.05, 4.69) is 4.98 Å². The van der Waals surface area contributed by atoms with Gasteiger partial charge in [-0.05, 0) is 19.1 Å². The summed E-state index contributed by atoms with van der Waals surface area (Å²) < 4.78 is 6.92. The quantitative estimate of drug-likeness (QED) is 0.636. The highest BCUT2D eigenvalue weighted by Gasteiger charge is 2.34. The van der Waals surface area contributed by atoms with Crippen LogP contribution in [0.1, 0.15) is 28.6 Å². The normalized spacial score (nSPS) is 23.2. The van der Waals surface area contributed by atoms with Gasteiger partial charge in [0.2, 0.25) is 0 Å². The molecule has 7 heteroatoms. The Morgan fingerprint density at radius 1 is 1.32 bits per heavy atom. The van der Waals surface area contributed by atoms with Crippen molar-refractivity contribution in [2.75, 3.05) is 0 Å². The van der Waals surface area contributed by atoms with Gasteiger partial charge in [0, 0.05) is 23.7 Å². The highest BCUT2D eigenvalue weighted by molar-refractivity contribution is 6.04. The van der Waals surface area contributed by atoms with Crippen LogP contribution in [0.2, 0.25) is 0 Å². The van der Waals surface area contributed by atoms with E-state index in [9.17, 15) is 19.5 Å². The smallest absolute Gasteiger partial charge is 0.330 e. The number of ether oxygens (including phenoxy) is 1. The summed E-state index contributed by atoms with van der Waals surface area (Å²) in [6, 6.07) is 8.75. The number of H-pyrrole nitrogens is 1. The molecule has 25 heavy (non-hydrogen) atoms. The zero-order chi connectivity index (χ0) is 18.0. The minimum atomic E-state index is -0.857. The fourth-order valence-corrected chi connectivity index (χ4v) is 2.70. The molecule has 0 aliphatic carbocycles. The average molecular weight is 342 g/mol. The first kappa shape index (κ1) is 17.1. The molecule has 1 saturated heterocycles. The Kier molecular flexibility index (Phi) is 4.78. The van der Waals surface area contributed by atoms with Crippen LogP contribution in [0.3, 0.4) is 0 Å². The van der Waals surface area contributed by atoms with Crippen molar-refractivity contribution < 1.29 is 14.6 Å². The number of aromatic amines is 1. The molecule has 0 spiro atoms. The van der Waals surface area contributed by atoms with Gasteiger partial charge in [-0.15, -0.1) is 0 Å². The third-order valence-electron chi connectivity index (χ3n) is 4.09. The number of aromatic nitrogens is 2. The second-order valence-electron chi connectivity index (χ2n) is 5.93. The molecule has 1 aromatic carbocycles. The summed E-state index contributed by atoms with van der Waals surface area (Å²) in [4.78, 5) is 37.6. The lowest BCUT2D eigenvalue weighted by Gasteiger charge is -2.14. The molecule has 0 amide bonds. The number of ketones is 1. The van der Waals surface area contributed by atoms with Crippen LogP contribution in [0.4, 0.5) is 0 Å². The van der Waals surface area contributed by atoms with Crippen molar-refractivity contribution in [3.8, 4) is 0 Å². The number of benzene rings is 1. The van der Waals surface area contributed by atoms with Crippen molar-refractivity contribution in [1.82, 2.24) is 9.55 Å². The maximum Gasteiger partial charge on any atom is 0.330 e. The molecule has 130 valence electrons. The van der Waals surface area contributed by atoms with E-state index in [0.29, 0.717) is 11.1 Å². The van der Waals surface area contributed by atoms with Gasteiger partial charge in [0.1, 0.15) is 12.3 Å². The van der Waals surface area contributed by atoms with Gasteiger partial charge in [0.15, 0.2) is 5.78 Å². The van der Waals surface area contributed by atoms with Gasteiger partial charge >= 0.3 is 5.69 Å². The van der Waals surface area contributed by atoms with E-state index in [4.69, 9.17) is 4.74 Å². The Morgan fingerprint density at radius 2 is 2.04 bits per heavy atom. The van der Waals surface area contributed by atoms with E-state index < -0.39 is 29.7 Å². The molecule has 1 aliphatic rings. The van der Waals surface area contributed by atoms with Gasteiger partial charge in [-0.2, -0.15) is 0 Å². The summed E-state index contributed by atoms with van der Waals surface area (Å²) in [6.07, 6.45) is 2.15. The van der Waals surface area contributed by atoms with Crippen LogP contribution in [0.5, 0.6) is 0 Å². The van der Waals surface area contributed by atoms with Crippen molar-refractivity contribution in [1.29, 1.82) is 0 Å². The predicted octanol–water partition coefficient (Wildman–Crippen LogP) is 0.933. The Labute approximate surface area is 143 Å². The molecule has 1 aliphatic heterocycles. The minimum Gasteiger partial charge on any atom is -0.390 e. The molecule has 2 N–H and O–H groups in total. The number of carbonyl (C=O) groups is 1. The van der Waals surface area contributed by atoms with E-state index in [1.54, 1.807) is 31.2 Å². The molecular weight excluding hydrogens is 324 g/mol. The van der Waals surface area contributed by atoms with Gasteiger partial charge < -0.3 is 9.84 Å². The number of hydrogen-bond acceptors (Lipinski definition) is 5. The van der Waals surface area contributed by atoms with E-state index in [1.165, 1.54) is 22.9 Å². The minimum absolute atomic E-state index is 0.180. The van der Waals surface area contributed by atoms with Gasteiger partial charge in [0.25, 0.3) is 5.56 Å². The number of aryl methyl sites for hydroxylation is 1. The zero-order valence-electron chi connectivity index (χ0n) is 13.6. The van der Waals surface area contributed by atoms with Crippen molar-refractivity contribution in [3.63, 3.8) is 0 Å². The fraction of sp³-hybridized carbons (Fsp3) is 0.278. The predicted molar refractivity (Wildman–Crippen MR) is 90.5 cm³/mol. The van der Waals surface area contributed by atoms with E-state index in [-0.39, 0.29) is 12.2 Å². The van der Waals surface area contributed by atoms with Crippen molar-refractivity contribution in [2.24, 2.45) is 0 Å². The SMILES string of the molecule is Cc1cn([C@H]2C[C@H](O)[C@@H](/C=C/C(=O)c3ccccc3)O2)c(=O)[nH]c1=O. The maximum atomic E-state index is 12.1. The number of allylic oxidation sites excluding steroid dienone is 1. The van der Waals surface area contributed by atoms with Crippen LogP contribution in [-0.4, -0.2) is 32.6 Å². The molecule has 0 unspecified atom stereocenters. The lowest BCUT2D eigenvalue weighted by molar-refractivity contribution is 0.00465. The third kappa shape index (κ3) is 3.67.